The Morgan fingerprint density at radius 3 is 2.41 bits per heavy atom. The quantitative estimate of drug-likeness (QED) is 0.751. The van der Waals surface area contributed by atoms with E-state index < -0.39 is 6.04 Å². The number of hydrogen-bond acceptors (Lipinski definition) is 3. The molecule has 1 aromatic heterocycles. The topological polar surface area (TPSA) is 76.0 Å². The molecule has 2 aromatic rings. The monoisotopic (exact) mass is 396 g/mol. The molecule has 6 nitrogen and oxygen atoms in total. The van der Waals surface area contributed by atoms with Gasteiger partial charge in [-0.05, 0) is 43.1 Å². The third-order valence-electron chi connectivity index (χ3n) is 5.97. The molecule has 1 aromatic carbocycles. The van der Waals surface area contributed by atoms with Crippen LogP contribution in [0.1, 0.15) is 45.1 Å². The van der Waals surface area contributed by atoms with Crippen molar-refractivity contribution in [3.8, 4) is 0 Å². The first-order valence-electron chi connectivity index (χ1n) is 10.6. The lowest BCUT2D eigenvalue weighted by molar-refractivity contribution is -0.130. The molecule has 3 rings (SSSR count). The standard InChI is InChI=1S/C23H32N4O2/c1-16(2)18-9-11-19(12-10-18)22(28)26-21(13-17-7-5-4-6-8-17)23(29)25-20-14-24-27(3)15-20/h4-8,14-16,18-19,21H,9-13H2,1-3H3,(H,25,29)(H,26,28)/t18?,19?,21-/m0/s1. The molecule has 2 amide bonds. The first-order chi connectivity index (χ1) is 13.9. The van der Waals surface area contributed by atoms with E-state index in [0.29, 0.717) is 23.9 Å². The van der Waals surface area contributed by atoms with Gasteiger partial charge in [-0.25, -0.2) is 0 Å². The Morgan fingerprint density at radius 1 is 1.14 bits per heavy atom. The SMILES string of the molecule is CC(C)C1CCC(C(=O)N[C@@H](Cc2ccccc2)C(=O)Nc2cnn(C)c2)CC1. The van der Waals surface area contributed by atoms with E-state index >= 15 is 0 Å². The maximum Gasteiger partial charge on any atom is 0.247 e. The highest BCUT2D eigenvalue weighted by molar-refractivity contribution is 5.97. The van der Waals surface area contributed by atoms with Crippen LogP contribution in [0.15, 0.2) is 42.7 Å². The van der Waals surface area contributed by atoms with Crippen LogP contribution in [0.4, 0.5) is 5.69 Å². The summed E-state index contributed by atoms with van der Waals surface area (Å²) < 4.78 is 1.63. The minimum atomic E-state index is -0.618. The van der Waals surface area contributed by atoms with Gasteiger partial charge in [0.15, 0.2) is 0 Å². The number of benzene rings is 1. The number of carbonyl (C=O) groups is 2. The van der Waals surface area contributed by atoms with E-state index in [1.807, 2.05) is 30.3 Å². The van der Waals surface area contributed by atoms with E-state index in [1.165, 1.54) is 0 Å². The summed E-state index contributed by atoms with van der Waals surface area (Å²) >= 11 is 0. The van der Waals surface area contributed by atoms with E-state index in [4.69, 9.17) is 0 Å². The van der Waals surface area contributed by atoms with E-state index in [0.717, 1.165) is 31.2 Å². The molecule has 1 saturated carbocycles. The molecular formula is C23H32N4O2. The molecule has 0 bridgehead atoms. The minimum Gasteiger partial charge on any atom is -0.344 e. The van der Waals surface area contributed by atoms with Crippen LogP contribution in [0, 0.1) is 17.8 Å². The maximum atomic E-state index is 12.9. The van der Waals surface area contributed by atoms with Crippen molar-refractivity contribution < 1.29 is 9.59 Å². The minimum absolute atomic E-state index is 0.00512. The fraction of sp³-hybridized carbons (Fsp3) is 0.522. The van der Waals surface area contributed by atoms with Gasteiger partial charge in [0, 0.05) is 25.6 Å². The number of hydrogen-bond donors (Lipinski definition) is 2. The second-order valence-electron chi connectivity index (χ2n) is 8.50. The Labute approximate surface area is 173 Å². The van der Waals surface area contributed by atoms with Crippen LogP contribution in [0.2, 0.25) is 0 Å². The van der Waals surface area contributed by atoms with Gasteiger partial charge in [0.05, 0.1) is 11.9 Å². The molecule has 6 heteroatoms. The Hall–Kier alpha value is -2.63. The van der Waals surface area contributed by atoms with Gasteiger partial charge < -0.3 is 10.6 Å². The summed E-state index contributed by atoms with van der Waals surface area (Å²) in [7, 11) is 1.80. The summed E-state index contributed by atoms with van der Waals surface area (Å²) in [5, 5.41) is 9.99. The highest BCUT2D eigenvalue weighted by atomic mass is 16.2. The lowest BCUT2D eigenvalue weighted by atomic mass is 9.76. The summed E-state index contributed by atoms with van der Waals surface area (Å²) in [5.74, 6) is 1.14. The number of anilines is 1. The van der Waals surface area contributed by atoms with Crippen molar-refractivity contribution in [3.63, 3.8) is 0 Å². The molecule has 0 unspecified atom stereocenters. The zero-order valence-electron chi connectivity index (χ0n) is 17.6. The normalized spacial score (nSPS) is 20.3. The molecule has 1 heterocycles. The smallest absolute Gasteiger partial charge is 0.247 e. The average Bonchev–Trinajstić information content (AvgIpc) is 3.12. The molecule has 0 saturated heterocycles. The third kappa shape index (κ3) is 5.92. The molecule has 29 heavy (non-hydrogen) atoms. The summed E-state index contributed by atoms with van der Waals surface area (Å²) in [6.07, 6.45) is 7.77. The average molecular weight is 397 g/mol. The lowest BCUT2D eigenvalue weighted by Crippen LogP contribution is -2.47. The maximum absolute atomic E-state index is 12.9. The summed E-state index contributed by atoms with van der Waals surface area (Å²) in [5.41, 5.74) is 1.64. The lowest BCUT2D eigenvalue weighted by Gasteiger charge is -2.31. The van der Waals surface area contributed by atoms with Crippen LogP contribution in [0.3, 0.4) is 0 Å². The number of aromatic nitrogens is 2. The second kappa shape index (κ2) is 9.72. The van der Waals surface area contributed by atoms with Crippen LogP contribution in [0.5, 0.6) is 0 Å². The van der Waals surface area contributed by atoms with Crippen molar-refractivity contribution in [2.24, 2.45) is 24.8 Å². The van der Waals surface area contributed by atoms with E-state index in [2.05, 4.69) is 29.6 Å². The van der Waals surface area contributed by atoms with Gasteiger partial charge in [-0.3, -0.25) is 14.3 Å². The Kier molecular flexibility index (Phi) is 7.07. The van der Waals surface area contributed by atoms with Gasteiger partial charge in [-0.2, -0.15) is 5.10 Å². The Bertz CT molecular complexity index is 807. The molecule has 0 spiro atoms. The first kappa shape index (κ1) is 21.1. The van der Waals surface area contributed by atoms with Gasteiger partial charge in [-0.1, -0.05) is 44.2 Å². The third-order valence-corrected chi connectivity index (χ3v) is 5.97. The van der Waals surface area contributed by atoms with Crippen molar-refractivity contribution >= 4 is 17.5 Å². The molecule has 156 valence electrons. The van der Waals surface area contributed by atoms with E-state index in [9.17, 15) is 9.59 Å². The van der Waals surface area contributed by atoms with Gasteiger partial charge in [-0.15, -0.1) is 0 Å². The highest BCUT2D eigenvalue weighted by Crippen LogP contribution is 2.33. The molecule has 0 aliphatic heterocycles. The molecular weight excluding hydrogens is 364 g/mol. The summed E-state index contributed by atoms with van der Waals surface area (Å²) in [6, 6.07) is 9.17. The largest absolute Gasteiger partial charge is 0.344 e. The van der Waals surface area contributed by atoms with Crippen LogP contribution < -0.4 is 10.6 Å². The Morgan fingerprint density at radius 2 is 1.83 bits per heavy atom. The van der Waals surface area contributed by atoms with Gasteiger partial charge in [0.2, 0.25) is 11.8 Å². The molecule has 1 aliphatic carbocycles. The van der Waals surface area contributed by atoms with Crippen LogP contribution >= 0.6 is 0 Å². The second-order valence-corrected chi connectivity index (χ2v) is 8.50. The van der Waals surface area contributed by atoms with Gasteiger partial charge in [0.25, 0.3) is 0 Å². The van der Waals surface area contributed by atoms with Gasteiger partial charge in [0.1, 0.15) is 6.04 Å². The van der Waals surface area contributed by atoms with Crippen molar-refractivity contribution in [3.05, 3.63) is 48.3 Å². The van der Waals surface area contributed by atoms with Crippen LogP contribution in [-0.2, 0) is 23.1 Å². The van der Waals surface area contributed by atoms with Crippen molar-refractivity contribution in [1.82, 2.24) is 15.1 Å². The predicted octanol–water partition coefficient (Wildman–Crippen LogP) is 3.55. The predicted molar refractivity (Wildman–Crippen MR) is 114 cm³/mol. The summed E-state index contributed by atoms with van der Waals surface area (Å²) in [6.45, 7) is 4.51. The van der Waals surface area contributed by atoms with Crippen molar-refractivity contribution in [2.45, 2.75) is 52.0 Å². The number of rotatable bonds is 7. The first-order valence-corrected chi connectivity index (χ1v) is 10.6. The highest BCUT2D eigenvalue weighted by Gasteiger charge is 2.30. The molecule has 1 atom stereocenters. The van der Waals surface area contributed by atoms with Crippen molar-refractivity contribution in [2.75, 3.05) is 5.32 Å². The van der Waals surface area contributed by atoms with E-state index in [-0.39, 0.29) is 17.7 Å². The van der Waals surface area contributed by atoms with Crippen LogP contribution in [0.25, 0.3) is 0 Å². The molecule has 2 N–H and O–H groups in total. The van der Waals surface area contributed by atoms with Crippen LogP contribution in [-0.4, -0.2) is 27.6 Å². The molecule has 1 fully saturated rings. The number of carbonyl (C=O) groups excluding carboxylic acids is 2. The van der Waals surface area contributed by atoms with Gasteiger partial charge >= 0.3 is 0 Å². The number of aryl methyl sites for hydroxylation is 1. The number of amides is 2. The Balaban J connectivity index is 1.65. The summed E-state index contributed by atoms with van der Waals surface area (Å²) in [4.78, 5) is 25.9. The van der Waals surface area contributed by atoms with Crippen molar-refractivity contribution in [1.29, 1.82) is 0 Å². The molecule has 0 radical (unpaired) electrons. The molecule has 1 aliphatic rings. The zero-order valence-corrected chi connectivity index (χ0v) is 17.6. The zero-order chi connectivity index (χ0) is 20.8. The number of nitrogens with one attached hydrogen (secondary N) is 2. The fourth-order valence-corrected chi connectivity index (χ4v) is 4.11. The fourth-order valence-electron chi connectivity index (χ4n) is 4.11. The van der Waals surface area contributed by atoms with E-state index in [1.54, 1.807) is 24.1 Å². The number of nitrogens with zero attached hydrogens (tertiary/aromatic N) is 2.